The molecule has 1 aromatic rings. The number of hydroxylamine groups is 1. The molecule has 1 atom stereocenters. The van der Waals surface area contributed by atoms with Gasteiger partial charge in [-0.1, -0.05) is 18.2 Å². The van der Waals surface area contributed by atoms with Gasteiger partial charge in [-0.2, -0.15) is 5.48 Å². The number of benzene rings is 1. The van der Waals surface area contributed by atoms with Crippen molar-refractivity contribution in [1.82, 2.24) is 5.48 Å². The number of hydrogen-bond donors (Lipinski definition) is 3. The molecule has 1 aromatic carbocycles. The lowest BCUT2D eigenvalue weighted by atomic mass is 10.0. The van der Waals surface area contributed by atoms with Crippen LogP contribution in [0.15, 0.2) is 24.3 Å². The highest BCUT2D eigenvalue weighted by Gasteiger charge is 2.17. The molecule has 0 saturated heterocycles. The van der Waals surface area contributed by atoms with Crippen molar-refractivity contribution >= 4 is 5.97 Å². The van der Waals surface area contributed by atoms with Gasteiger partial charge in [-0.25, -0.2) is 0 Å². The van der Waals surface area contributed by atoms with E-state index in [4.69, 9.17) is 15.1 Å². The van der Waals surface area contributed by atoms with Crippen molar-refractivity contribution in [3.8, 4) is 5.75 Å². The van der Waals surface area contributed by atoms with E-state index in [-0.39, 0.29) is 6.42 Å². The number of para-hydroxylation sites is 1. The molecule has 0 amide bonds. The van der Waals surface area contributed by atoms with E-state index in [1.807, 2.05) is 5.48 Å². The second-order valence-electron chi connectivity index (χ2n) is 3.02. The quantitative estimate of drug-likeness (QED) is 0.637. The molecular weight excluding hydrogens is 198 g/mol. The first kappa shape index (κ1) is 11.5. The van der Waals surface area contributed by atoms with Gasteiger partial charge in [0.1, 0.15) is 5.75 Å². The molecule has 0 aliphatic heterocycles. The molecule has 1 unspecified atom stereocenters. The summed E-state index contributed by atoms with van der Waals surface area (Å²) in [4.78, 5) is 10.5. The summed E-state index contributed by atoms with van der Waals surface area (Å²) in [6, 6.07) is 6.28. The highest BCUT2D eigenvalue weighted by Crippen LogP contribution is 2.26. The number of methoxy groups -OCH3 is 1. The van der Waals surface area contributed by atoms with Crippen molar-refractivity contribution in [1.29, 1.82) is 0 Å². The highest BCUT2D eigenvalue weighted by atomic mass is 16.5. The van der Waals surface area contributed by atoms with E-state index in [1.165, 1.54) is 7.11 Å². The van der Waals surface area contributed by atoms with Crippen molar-refractivity contribution in [3.63, 3.8) is 0 Å². The topological polar surface area (TPSA) is 78.8 Å². The van der Waals surface area contributed by atoms with E-state index in [0.29, 0.717) is 11.3 Å². The van der Waals surface area contributed by atoms with E-state index in [2.05, 4.69) is 0 Å². The number of rotatable bonds is 5. The Hall–Kier alpha value is -1.59. The zero-order chi connectivity index (χ0) is 11.3. The zero-order valence-corrected chi connectivity index (χ0v) is 8.30. The first-order valence-corrected chi connectivity index (χ1v) is 4.43. The summed E-state index contributed by atoms with van der Waals surface area (Å²) in [7, 11) is 1.49. The van der Waals surface area contributed by atoms with Crippen molar-refractivity contribution in [2.45, 2.75) is 12.5 Å². The van der Waals surface area contributed by atoms with Gasteiger partial charge < -0.3 is 15.1 Å². The average molecular weight is 211 g/mol. The maximum atomic E-state index is 10.5. The number of carboxylic acid groups (broad SMARTS) is 1. The van der Waals surface area contributed by atoms with Crippen LogP contribution in [0.2, 0.25) is 0 Å². The van der Waals surface area contributed by atoms with Gasteiger partial charge in [0, 0.05) is 5.56 Å². The second-order valence-corrected chi connectivity index (χ2v) is 3.02. The molecule has 0 bridgehead atoms. The number of carboxylic acids is 1. The number of ether oxygens (including phenoxy) is 1. The minimum absolute atomic E-state index is 0.211. The predicted molar refractivity (Wildman–Crippen MR) is 52.9 cm³/mol. The molecule has 82 valence electrons. The van der Waals surface area contributed by atoms with Crippen molar-refractivity contribution < 1.29 is 19.8 Å². The monoisotopic (exact) mass is 211 g/mol. The van der Waals surface area contributed by atoms with Crippen LogP contribution in [-0.2, 0) is 4.79 Å². The van der Waals surface area contributed by atoms with Crippen LogP contribution in [0.1, 0.15) is 18.0 Å². The van der Waals surface area contributed by atoms with Gasteiger partial charge in [-0.05, 0) is 6.07 Å². The second kappa shape index (κ2) is 5.33. The summed E-state index contributed by atoms with van der Waals surface area (Å²) >= 11 is 0. The van der Waals surface area contributed by atoms with E-state index in [1.54, 1.807) is 24.3 Å². The van der Waals surface area contributed by atoms with Crippen LogP contribution in [0.25, 0.3) is 0 Å². The Morgan fingerprint density at radius 3 is 2.73 bits per heavy atom. The van der Waals surface area contributed by atoms with Gasteiger partial charge in [-0.3, -0.25) is 4.79 Å². The fourth-order valence-electron chi connectivity index (χ4n) is 1.35. The number of hydrogen-bond acceptors (Lipinski definition) is 4. The third-order valence-electron chi connectivity index (χ3n) is 2.05. The Kier molecular flexibility index (Phi) is 4.08. The molecule has 5 nitrogen and oxygen atoms in total. The largest absolute Gasteiger partial charge is 0.496 e. The number of carbonyl (C=O) groups is 1. The lowest BCUT2D eigenvalue weighted by Gasteiger charge is -2.16. The molecule has 5 heteroatoms. The summed E-state index contributed by atoms with van der Waals surface area (Å²) in [6.07, 6.45) is -0.211. The van der Waals surface area contributed by atoms with Crippen LogP contribution in [0.5, 0.6) is 5.75 Å². The molecule has 0 fully saturated rings. The Balaban J connectivity index is 2.95. The van der Waals surface area contributed by atoms with Gasteiger partial charge in [0.05, 0.1) is 19.6 Å². The van der Waals surface area contributed by atoms with E-state index in [0.717, 1.165) is 0 Å². The maximum absolute atomic E-state index is 10.5. The minimum Gasteiger partial charge on any atom is -0.496 e. The van der Waals surface area contributed by atoms with Gasteiger partial charge in [0.2, 0.25) is 0 Å². The Morgan fingerprint density at radius 2 is 2.20 bits per heavy atom. The Labute approximate surface area is 87.3 Å². The molecule has 0 spiro atoms. The van der Waals surface area contributed by atoms with E-state index in [9.17, 15) is 4.79 Å². The molecular formula is C10H13NO4. The summed E-state index contributed by atoms with van der Waals surface area (Å²) in [6.45, 7) is 0. The van der Waals surface area contributed by atoms with Crippen molar-refractivity contribution in [2.75, 3.05) is 7.11 Å². The van der Waals surface area contributed by atoms with E-state index < -0.39 is 12.0 Å². The number of aliphatic carboxylic acids is 1. The smallest absolute Gasteiger partial charge is 0.305 e. The Morgan fingerprint density at radius 1 is 1.53 bits per heavy atom. The fourth-order valence-corrected chi connectivity index (χ4v) is 1.35. The molecule has 15 heavy (non-hydrogen) atoms. The minimum atomic E-state index is -0.993. The molecule has 3 N–H and O–H groups in total. The van der Waals surface area contributed by atoms with Gasteiger partial charge in [-0.15, -0.1) is 0 Å². The average Bonchev–Trinajstić information content (AvgIpc) is 2.25. The SMILES string of the molecule is COc1ccccc1C(CC(=O)O)NO. The van der Waals surface area contributed by atoms with Crippen molar-refractivity contribution in [3.05, 3.63) is 29.8 Å². The molecule has 1 rings (SSSR count). The third kappa shape index (κ3) is 2.93. The van der Waals surface area contributed by atoms with Crippen LogP contribution in [0, 0.1) is 0 Å². The lowest BCUT2D eigenvalue weighted by Crippen LogP contribution is -2.20. The van der Waals surface area contributed by atoms with Gasteiger partial charge in [0.25, 0.3) is 0 Å². The number of nitrogens with one attached hydrogen (secondary N) is 1. The molecule has 0 aliphatic carbocycles. The maximum Gasteiger partial charge on any atom is 0.305 e. The molecule has 0 radical (unpaired) electrons. The summed E-state index contributed by atoms with van der Waals surface area (Å²) in [5, 5.41) is 17.5. The Bertz CT molecular complexity index is 340. The molecule has 0 saturated carbocycles. The molecule has 0 aromatic heterocycles. The van der Waals surface area contributed by atoms with Gasteiger partial charge >= 0.3 is 5.97 Å². The molecule has 0 aliphatic rings. The standard InChI is InChI=1S/C10H13NO4/c1-15-9-5-3-2-4-7(9)8(11-14)6-10(12)13/h2-5,8,11,14H,6H2,1H3,(H,12,13). The van der Waals surface area contributed by atoms with Crippen LogP contribution in [0.3, 0.4) is 0 Å². The zero-order valence-electron chi connectivity index (χ0n) is 8.30. The van der Waals surface area contributed by atoms with E-state index >= 15 is 0 Å². The first-order chi connectivity index (χ1) is 7.19. The first-order valence-electron chi connectivity index (χ1n) is 4.43. The summed E-state index contributed by atoms with van der Waals surface area (Å²) in [5.41, 5.74) is 2.58. The third-order valence-corrected chi connectivity index (χ3v) is 2.05. The van der Waals surface area contributed by atoms with Crippen LogP contribution < -0.4 is 10.2 Å². The molecule has 0 heterocycles. The fraction of sp³-hybridized carbons (Fsp3) is 0.300. The van der Waals surface area contributed by atoms with Gasteiger partial charge in [0.15, 0.2) is 0 Å². The van der Waals surface area contributed by atoms with Crippen LogP contribution in [0.4, 0.5) is 0 Å². The lowest BCUT2D eigenvalue weighted by molar-refractivity contribution is -0.138. The summed E-state index contributed by atoms with van der Waals surface area (Å²) < 4.78 is 5.07. The van der Waals surface area contributed by atoms with Crippen LogP contribution >= 0.6 is 0 Å². The van der Waals surface area contributed by atoms with Crippen molar-refractivity contribution in [2.24, 2.45) is 0 Å². The normalized spacial score (nSPS) is 12.1. The predicted octanol–water partition coefficient (Wildman–Crippen LogP) is 1.19. The van der Waals surface area contributed by atoms with Crippen LogP contribution in [-0.4, -0.2) is 23.4 Å². The highest BCUT2D eigenvalue weighted by molar-refractivity contribution is 5.68. The summed E-state index contributed by atoms with van der Waals surface area (Å²) in [5.74, 6) is -0.447.